The Morgan fingerprint density at radius 2 is 1.81 bits per heavy atom. The van der Waals surface area contributed by atoms with Crippen molar-refractivity contribution in [3.05, 3.63) is 29.8 Å². The summed E-state index contributed by atoms with van der Waals surface area (Å²) in [7, 11) is 1.69. The van der Waals surface area contributed by atoms with Crippen LogP contribution in [0, 0.1) is 0 Å². The van der Waals surface area contributed by atoms with E-state index in [2.05, 4.69) is 38.2 Å². The molecule has 16 heavy (non-hydrogen) atoms. The maximum Gasteiger partial charge on any atom is 0.118 e. The van der Waals surface area contributed by atoms with Crippen LogP contribution in [0.25, 0.3) is 0 Å². The highest BCUT2D eigenvalue weighted by Crippen LogP contribution is 2.18. The van der Waals surface area contributed by atoms with Crippen LogP contribution in [0.3, 0.4) is 0 Å². The summed E-state index contributed by atoms with van der Waals surface area (Å²) in [5, 5.41) is 3.59. The third-order valence-electron chi connectivity index (χ3n) is 2.87. The lowest BCUT2D eigenvalue weighted by molar-refractivity contribution is 0.413. The lowest BCUT2D eigenvalue weighted by atomic mass is 10.1. The molecule has 0 aliphatic carbocycles. The Kier molecular flexibility index (Phi) is 5.33. The zero-order valence-corrected chi connectivity index (χ0v) is 10.8. The van der Waals surface area contributed by atoms with Crippen molar-refractivity contribution in [3.63, 3.8) is 0 Å². The Morgan fingerprint density at radius 3 is 2.31 bits per heavy atom. The van der Waals surface area contributed by atoms with E-state index in [-0.39, 0.29) is 0 Å². The molecular weight excluding hydrogens is 198 g/mol. The molecule has 1 unspecified atom stereocenters. The van der Waals surface area contributed by atoms with Crippen LogP contribution >= 0.6 is 0 Å². The minimum atomic E-state index is 0.396. The molecule has 0 amide bonds. The third kappa shape index (κ3) is 3.86. The van der Waals surface area contributed by atoms with Gasteiger partial charge < -0.3 is 10.1 Å². The minimum Gasteiger partial charge on any atom is -0.497 e. The van der Waals surface area contributed by atoms with Gasteiger partial charge in [-0.15, -0.1) is 0 Å². The largest absolute Gasteiger partial charge is 0.497 e. The summed E-state index contributed by atoms with van der Waals surface area (Å²) in [6.45, 7) is 6.66. The van der Waals surface area contributed by atoms with Gasteiger partial charge in [-0.3, -0.25) is 0 Å². The van der Waals surface area contributed by atoms with Gasteiger partial charge in [0.15, 0.2) is 0 Å². The molecule has 0 saturated carbocycles. The topological polar surface area (TPSA) is 21.3 Å². The lowest BCUT2D eigenvalue weighted by Crippen LogP contribution is -2.28. The van der Waals surface area contributed by atoms with E-state index in [0.717, 1.165) is 5.75 Å². The van der Waals surface area contributed by atoms with Crippen molar-refractivity contribution in [2.75, 3.05) is 7.11 Å². The van der Waals surface area contributed by atoms with Gasteiger partial charge in [-0.25, -0.2) is 0 Å². The second-order valence-corrected chi connectivity index (χ2v) is 4.35. The summed E-state index contributed by atoms with van der Waals surface area (Å²) in [4.78, 5) is 0. The Balaban J connectivity index is 2.55. The number of hydrogen-bond donors (Lipinski definition) is 1. The zero-order chi connectivity index (χ0) is 12.0. The first-order valence-electron chi connectivity index (χ1n) is 6.07. The van der Waals surface area contributed by atoms with Crippen LogP contribution in [0.5, 0.6) is 5.75 Å². The van der Waals surface area contributed by atoms with Crippen LogP contribution in [-0.2, 0) is 0 Å². The average Bonchev–Trinajstić information content (AvgIpc) is 2.29. The molecule has 0 saturated heterocycles. The second-order valence-electron chi connectivity index (χ2n) is 4.35. The molecule has 1 N–H and O–H groups in total. The van der Waals surface area contributed by atoms with Gasteiger partial charge in [-0.1, -0.05) is 25.5 Å². The molecule has 1 rings (SSSR count). The fourth-order valence-electron chi connectivity index (χ4n) is 1.93. The maximum atomic E-state index is 5.15. The summed E-state index contributed by atoms with van der Waals surface area (Å²) in [6, 6.07) is 9.23. The van der Waals surface area contributed by atoms with Crippen molar-refractivity contribution >= 4 is 0 Å². The summed E-state index contributed by atoms with van der Waals surface area (Å²) in [5.41, 5.74) is 1.31. The molecule has 0 aromatic heterocycles. The van der Waals surface area contributed by atoms with Crippen molar-refractivity contribution in [2.45, 2.75) is 45.7 Å². The van der Waals surface area contributed by atoms with Gasteiger partial charge in [0, 0.05) is 12.1 Å². The van der Waals surface area contributed by atoms with E-state index in [1.807, 2.05) is 12.1 Å². The van der Waals surface area contributed by atoms with Gasteiger partial charge in [0.1, 0.15) is 5.75 Å². The Bertz CT molecular complexity index is 294. The highest BCUT2D eigenvalue weighted by molar-refractivity contribution is 5.28. The minimum absolute atomic E-state index is 0.396. The lowest BCUT2D eigenvalue weighted by Gasteiger charge is -2.20. The second kappa shape index (κ2) is 6.54. The maximum absolute atomic E-state index is 5.15. The normalized spacial score (nSPS) is 14.5. The number of hydrogen-bond acceptors (Lipinski definition) is 2. The van der Waals surface area contributed by atoms with E-state index < -0.39 is 0 Å². The fraction of sp³-hybridized carbons (Fsp3) is 0.571. The van der Waals surface area contributed by atoms with E-state index in [4.69, 9.17) is 4.74 Å². The Hall–Kier alpha value is -1.02. The first-order valence-corrected chi connectivity index (χ1v) is 6.07. The molecule has 0 bridgehead atoms. The molecule has 90 valence electrons. The highest BCUT2D eigenvalue weighted by atomic mass is 16.5. The molecule has 0 spiro atoms. The SMILES string of the molecule is CCCC(C)N[C@@H](C)c1ccc(OC)cc1. The predicted molar refractivity (Wildman–Crippen MR) is 68.9 cm³/mol. The monoisotopic (exact) mass is 221 g/mol. The van der Waals surface area contributed by atoms with Crippen LogP contribution in [0.15, 0.2) is 24.3 Å². The van der Waals surface area contributed by atoms with Gasteiger partial charge in [-0.05, 0) is 38.0 Å². The van der Waals surface area contributed by atoms with Gasteiger partial charge in [-0.2, -0.15) is 0 Å². The molecule has 0 aliphatic heterocycles. The van der Waals surface area contributed by atoms with Gasteiger partial charge in [0.05, 0.1) is 7.11 Å². The molecule has 0 heterocycles. The number of rotatable bonds is 6. The molecule has 2 nitrogen and oxygen atoms in total. The molecule has 0 fully saturated rings. The molecule has 1 aromatic rings. The molecular formula is C14H23NO. The summed E-state index contributed by atoms with van der Waals surface area (Å²) >= 11 is 0. The Labute approximate surface area is 99.0 Å². The van der Waals surface area contributed by atoms with Gasteiger partial charge in [0.25, 0.3) is 0 Å². The summed E-state index contributed by atoms with van der Waals surface area (Å²) in [6.07, 6.45) is 2.45. The third-order valence-corrected chi connectivity index (χ3v) is 2.87. The first-order chi connectivity index (χ1) is 7.67. The smallest absolute Gasteiger partial charge is 0.118 e. The fourth-order valence-corrected chi connectivity index (χ4v) is 1.93. The van der Waals surface area contributed by atoms with Crippen molar-refractivity contribution in [1.82, 2.24) is 5.32 Å². The van der Waals surface area contributed by atoms with Crippen molar-refractivity contribution in [1.29, 1.82) is 0 Å². The predicted octanol–water partition coefficient (Wildman–Crippen LogP) is 3.53. The van der Waals surface area contributed by atoms with Crippen LogP contribution in [0.2, 0.25) is 0 Å². The van der Waals surface area contributed by atoms with Crippen molar-refractivity contribution in [3.8, 4) is 5.75 Å². The molecule has 2 heteroatoms. The zero-order valence-electron chi connectivity index (χ0n) is 10.8. The number of nitrogens with one attached hydrogen (secondary N) is 1. The molecule has 0 radical (unpaired) electrons. The van der Waals surface area contributed by atoms with Crippen LogP contribution in [-0.4, -0.2) is 13.2 Å². The van der Waals surface area contributed by atoms with E-state index in [1.54, 1.807) is 7.11 Å². The standard InChI is InChI=1S/C14H23NO/c1-5-6-11(2)15-12(3)13-7-9-14(16-4)10-8-13/h7-12,15H,5-6H2,1-4H3/t11?,12-/m0/s1. The number of ether oxygens (including phenoxy) is 1. The van der Waals surface area contributed by atoms with E-state index in [9.17, 15) is 0 Å². The summed E-state index contributed by atoms with van der Waals surface area (Å²) < 4.78 is 5.15. The van der Waals surface area contributed by atoms with Crippen LogP contribution < -0.4 is 10.1 Å². The van der Waals surface area contributed by atoms with Gasteiger partial charge >= 0.3 is 0 Å². The van der Waals surface area contributed by atoms with Gasteiger partial charge in [0.2, 0.25) is 0 Å². The highest BCUT2D eigenvalue weighted by Gasteiger charge is 2.08. The Morgan fingerprint density at radius 1 is 1.19 bits per heavy atom. The summed E-state index contributed by atoms with van der Waals surface area (Å²) in [5.74, 6) is 0.914. The van der Waals surface area contributed by atoms with E-state index in [0.29, 0.717) is 12.1 Å². The molecule has 2 atom stereocenters. The first kappa shape index (κ1) is 13.0. The van der Waals surface area contributed by atoms with Crippen LogP contribution in [0.1, 0.15) is 45.2 Å². The average molecular weight is 221 g/mol. The quantitative estimate of drug-likeness (QED) is 0.793. The van der Waals surface area contributed by atoms with E-state index in [1.165, 1.54) is 18.4 Å². The van der Waals surface area contributed by atoms with Crippen molar-refractivity contribution < 1.29 is 4.74 Å². The number of methoxy groups -OCH3 is 1. The van der Waals surface area contributed by atoms with Crippen molar-refractivity contribution in [2.24, 2.45) is 0 Å². The molecule has 0 aliphatic rings. The number of benzene rings is 1. The molecule has 1 aromatic carbocycles. The van der Waals surface area contributed by atoms with E-state index >= 15 is 0 Å². The van der Waals surface area contributed by atoms with Crippen LogP contribution in [0.4, 0.5) is 0 Å².